The topological polar surface area (TPSA) is 35.4 Å². The standard InChI is InChI=1S/C12H22N2O2/c1-9-6-11(10(2)14(9)3)7-13-8-12(15-4)16-5/h6,12-13H,7-8H2,1-5H3. The molecule has 0 aliphatic rings. The first-order valence-corrected chi connectivity index (χ1v) is 5.48. The van der Waals surface area contributed by atoms with Crippen LogP contribution in [0.15, 0.2) is 6.07 Å². The lowest BCUT2D eigenvalue weighted by Crippen LogP contribution is -2.29. The molecule has 1 aromatic heterocycles. The van der Waals surface area contributed by atoms with Crippen molar-refractivity contribution in [3.63, 3.8) is 0 Å². The van der Waals surface area contributed by atoms with Crippen LogP contribution in [0.5, 0.6) is 0 Å². The zero-order valence-electron chi connectivity index (χ0n) is 10.8. The van der Waals surface area contributed by atoms with Crippen LogP contribution in [0.1, 0.15) is 17.0 Å². The Morgan fingerprint density at radius 1 is 1.31 bits per heavy atom. The van der Waals surface area contributed by atoms with Crippen LogP contribution in [-0.2, 0) is 23.1 Å². The molecule has 16 heavy (non-hydrogen) atoms. The molecule has 0 spiro atoms. The molecule has 0 aliphatic heterocycles. The lowest BCUT2D eigenvalue weighted by Gasteiger charge is -2.13. The largest absolute Gasteiger partial charge is 0.355 e. The van der Waals surface area contributed by atoms with Gasteiger partial charge >= 0.3 is 0 Å². The number of methoxy groups -OCH3 is 2. The third-order valence-electron chi connectivity index (χ3n) is 3.03. The van der Waals surface area contributed by atoms with Crippen LogP contribution in [0.3, 0.4) is 0 Å². The molecule has 0 unspecified atom stereocenters. The summed E-state index contributed by atoms with van der Waals surface area (Å²) in [6.45, 7) is 5.79. The van der Waals surface area contributed by atoms with E-state index in [0.717, 1.165) is 6.54 Å². The Hall–Kier alpha value is -0.840. The molecule has 0 saturated carbocycles. The number of aromatic nitrogens is 1. The summed E-state index contributed by atoms with van der Waals surface area (Å²) in [6, 6.07) is 2.21. The van der Waals surface area contributed by atoms with Gasteiger partial charge in [-0.15, -0.1) is 0 Å². The lowest BCUT2D eigenvalue weighted by molar-refractivity contribution is -0.0989. The van der Waals surface area contributed by atoms with Crippen molar-refractivity contribution in [1.82, 2.24) is 9.88 Å². The Kier molecular flexibility index (Phi) is 4.99. The second-order valence-electron chi connectivity index (χ2n) is 3.99. The Labute approximate surface area is 97.5 Å². The van der Waals surface area contributed by atoms with E-state index < -0.39 is 0 Å². The molecular weight excluding hydrogens is 204 g/mol. The highest BCUT2D eigenvalue weighted by Crippen LogP contribution is 2.12. The molecule has 0 radical (unpaired) electrons. The Balaban J connectivity index is 2.46. The van der Waals surface area contributed by atoms with Crippen molar-refractivity contribution in [2.75, 3.05) is 20.8 Å². The number of rotatable bonds is 6. The maximum absolute atomic E-state index is 5.11. The van der Waals surface area contributed by atoms with Gasteiger partial charge in [0.25, 0.3) is 0 Å². The van der Waals surface area contributed by atoms with Crippen LogP contribution < -0.4 is 5.32 Å². The number of hydrogen-bond donors (Lipinski definition) is 1. The predicted molar refractivity (Wildman–Crippen MR) is 64.4 cm³/mol. The van der Waals surface area contributed by atoms with Gasteiger partial charge in [-0.2, -0.15) is 0 Å². The predicted octanol–water partition coefficient (Wildman–Crippen LogP) is 1.35. The molecule has 4 heteroatoms. The number of nitrogens with one attached hydrogen (secondary N) is 1. The number of aryl methyl sites for hydroxylation is 1. The van der Waals surface area contributed by atoms with Gasteiger partial charge in [-0.3, -0.25) is 0 Å². The molecule has 0 aliphatic carbocycles. The van der Waals surface area contributed by atoms with Crippen LogP contribution in [0.4, 0.5) is 0 Å². The molecule has 0 aromatic carbocycles. The smallest absolute Gasteiger partial charge is 0.169 e. The second kappa shape index (κ2) is 6.03. The summed E-state index contributed by atoms with van der Waals surface area (Å²) in [5.41, 5.74) is 3.91. The van der Waals surface area contributed by atoms with Crippen molar-refractivity contribution in [3.05, 3.63) is 23.0 Å². The van der Waals surface area contributed by atoms with E-state index >= 15 is 0 Å². The van der Waals surface area contributed by atoms with Crippen molar-refractivity contribution in [2.45, 2.75) is 26.7 Å². The van der Waals surface area contributed by atoms with E-state index in [1.54, 1.807) is 14.2 Å². The maximum atomic E-state index is 5.11. The highest BCUT2D eigenvalue weighted by Gasteiger charge is 2.07. The lowest BCUT2D eigenvalue weighted by atomic mass is 10.2. The first-order chi connectivity index (χ1) is 7.60. The molecule has 0 fully saturated rings. The fraction of sp³-hybridized carbons (Fsp3) is 0.667. The average molecular weight is 226 g/mol. The fourth-order valence-electron chi connectivity index (χ4n) is 1.70. The van der Waals surface area contributed by atoms with E-state index in [2.05, 4.69) is 36.8 Å². The molecule has 1 rings (SSSR count). The summed E-state index contributed by atoms with van der Waals surface area (Å²) in [5, 5.41) is 3.32. The Morgan fingerprint density at radius 2 is 1.94 bits per heavy atom. The van der Waals surface area contributed by atoms with Crippen molar-refractivity contribution < 1.29 is 9.47 Å². The average Bonchev–Trinajstić information content (AvgIpc) is 2.52. The molecule has 1 N–H and O–H groups in total. The molecular formula is C12H22N2O2. The van der Waals surface area contributed by atoms with Crippen molar-refractivity contribution in [2.24, 2.45) is 7.05 Å². The van der Waals surface area contributed by atoms with Crippen LogP contribution in [0.25, 0.3) is 0 Å². The minimum Gasteiger partial charge on any atom is -0.355 e. The number of nitrogens with zero attached hydrogens (tertiary/aromatic N) is 1. The molecule has 1 heterocycles. The fourth-order valence-corrected chi connectivity index (χ4v) is 1.70. The summed E-state index contributed by atoms with van der Waals surface area (Å²) in [4.78, 5) is 0. The van der Waals surface area contributed by atoms with Gasteiger partial charge in [0, 0.05) is 45.7 Å². The van der Waals surface area contributed by atoms with E-state index in [0.29, 0.717) is 6.54 Å². The number of ether oxygens (including phenoxy) is 2. The molecule has 92 valence electrons. The third kappa shape index (κ3) is 3.07. The van der Waals surface area contributed by atoms with Crippen molar-refractivity contribution in [1.29, 1.82) is 0 Å². The normalized spacial score (nSPS) is 11.4. The summed E-state index contributed by atoms with van der Waals surface area (Å²) >= 11 is 0. The van der Waals surface area contributed by atoms with E-state index in [9.17, 15) is 0 Å². The van der Waals surface area contributed by atoms with Gasteiger partial charge in [0.15, 0.2) is 6.29 Å². The van der Waals surface area contributed by atoms with Crippen LogP contribution in [0.2, 0.25) is 0 Å². The minimum absolute atomic E-state index is 0.176. The van der Waals surface area contributed by atoms with Crippen LogP contribution in [0, 0.1) is 13.8 Å². The molecule has 1 aromatic rings. The Bertz CT molecular complexity index is 330. The van der Waals surface area contributed by atoms with E-state index in [-0.39, 0.29) is 6.29 Å². The Morgan fingerprint density at radius 3 is 2.38 bits per heavy atom. The SMILES string of the molecule is COC(CNCc1cc(C)n(C)c1C)OC. The van der Waals surface area contributed by atoms with Gasteiger partial charge in [0.2, 0.25) is 0 Å². The zero-order chi connectivity index (χ0) is 12.1. The molecule has 0 saturated heterocycles. The van der Waals surface area contributed by atoms with E-state index in [1.807, 2.05) is 0 Å². The summed E-state index contributed by atoms with van der Waals surface area (Å²) < 4.78 is 12.4. The van der Waals surface area contributed by atoms with Crippen molar-refractivity contribution >= 4 is 0 Å². The molecule has 0 bridgehead atoms. The van der Waals surface area contributed by atoms with E-state index in [1.165, 1.54) is 17.0 Å². The van der Waals surface area contributed by atoms with Gasteiger partial charge in [0.1, 0.15) is 0 Å². The third-order valence-corrected chi connectivity index (χ3v) is 3.03. The van der Waals surface area contributed by atoms with Crippen LogP contribution in [-0.4, -0.2) is 31.6 Å². The van der Waals surface area contributed by atoms with Gasteiger partial charge in [-0.1, -0.05) is 0 Å². The monoisotopic (exact) mass is 226 g/mol. The maximum Gasteiger partial charge on any atom is 0.169 e. The first kappa shape index (κ1) is 13.2. The number of hydrogen-bond acceptors (Lipinski definition) is 3. The molecule has 4 nitrogen and oxygen atoms in total. The minimum atomic E-state index is -0.176. The first-order valence-electron chi connectivity index (χ1n) is 5.48. The van der Waals surface area contributed by atoms with Gasteiger partial charge < -0.3 is 19.4 Å². The molecule has 0 amide bonds. The summed E-state index contributed by atoms with van der Waals surface area (Å²) in [5.74, 6) is 0. The quantitative estimate of drug-likeness (QED) is 0.744. The van der Waals surface area contributed by atoms with Crippen LogP contribution >= 0.6 is 0 Å². The molecule has 0 atom stereocenters. The highest BCUT2D eigenvalue weighted by atomic mass is 16.7. The summed E-state index contributed by atoms with van der Waals surface area (Å²) in [7, 11) is 5.38. The van der Waals surface area contributed by atoms with E-state index in [4.69, 9.17) is 9.47 Å². The zero-order valence-corrected chi connectivity index (χ0v) is 10.8. The van der Waals surface area contributed by atoms with Gasteiger partial charge in [-0.25, -0.2) is 0 Å². The summed E-state index contributed by atoms with van der Waals surface area (Å²) in [6.07, 6.45) is -0.176. The highest BCUT2D eigenvalue weighted by molar-refractivity contribution is 5.26. The van der Waals surface area contributed by atoms with Gasteiger partial charge in [-0.05, 0) is 25.5 Å². The van der Waals surface area contributed by atoms with Gasteiger partial charge in [0.05, 0.1) is 0 Å². The van der Waals surface area contributed by atoms with Crippen molar-refractivity contribution in [3.8, 4) is 0 Å². The second-order valence-corrected chi connectivity index (χ2v) is 3.99.